The van der Waals surface area contributed by atoms with E-state index < -0.39 is 7.60 Å². The minimum absolute atomic E-state index is 0.426. The van der Waals surface area contributed by atoms with E-state index >= 15 is 0 Å². The third-order valence-electron chi connectivity index (χ3n) is 2.16. The summed E-state index contributed by atoms with van der Waals surface area (Å²) < 4.78 is 32.0. The van der Waals surface area contributed by atoms with Crippen molar-refractivity contribution in [1.82, 2.24) is 0 Å². The summed E-state index contributed by atoms with van der Waals surface area (Å²) in [5.41, 5.74) is 0. The molecule has 0 heterocycles. The van der Waals surface area contributed by atoms with Crippen LogP contribution in [-0.2, 0) is 13.6 Å². The maximum absolute atomic E-state index is 12.1. The second-order valence-corrected chi connectivity index (χ2v) is 5.14. The summed E-state index contributed by atoms with van der Waals surface area (Å²) in [6.45, 7) is 0. The van der Waals surface area contributed by atoms with Crippen LogP contribution in [0.3, 0.4) is 0 Å². The minimum atomic E-state index is -3.24. The van der Waals surface area contributed by atoms with E-state index in [9.17, 15) is 4.57 Å². The van der Waals surface area contributed by atoms with Crippen LogP contribution in [0.4, 0.5) is 0 Å². The molecule has 1 aromatic rings. The number of benzene rings is 1. The Morgan fingerprint density at radius 1 is 0.938 bits per heavy atom. The molecule has 0 amide bonds. The van der Waals surface area contributed by atoms with Crippen LogP contribution in [-0.4, -0.2) is 28.4 Å². The van der Waals surface area contributed by atoms with E-state index in [4.69, 9.17) is 18.5 Å². The van der Waals surface area contributed by atoms with Crippen LogP contribution in [0.15, 0.2) is 18.2 Å². The average Bonchev–Trinajstić information content (AvgIpc) is 2.36. The van der Waals surface area contributed by atoms with Gasteiger partial charge in [-0.05, 0) is 18.2 Å². The second-order valence-electron chi connectivity index (χ2n) is 2.90. The Kier molecular flexibility index (Phi) is 4.35. The van der Waals surface area contributed by atoms with Crippen LogP contribution < -0.4 is 14.8 Å². The largest absolute Gasteiger partial charge is 0.493 e. The van der Waals surface area contributed by atoms with Crippen molar-refractivity contribution < 1.29 is 23.1 Å². The number of methoxy groups -OCH3 is 2. The van der Waals surface area contributed by atoms with Crippen molar-refractivity contribution in [3.05, 3.63) is 18.2 Å². The minimum Gasteiger partial charge on any atom is -0.493 e. The van der Waals surface area contributed by atoms with Crippen molar-refractivity contribution in [2.24, 2.45) is 0 Å². The van der Waals surface area contributed by atoms with E-state index in [-0.39, 0.29) is 0 Å². The van der Waals surface area contributed by atoms with E-state index in [0.29, 0.717) is 16.8 Å². The fraction of sp³-hybridized carbons (Fsp3) is 0.400. The molecule has 5 nitrogen and oxygen atoms in total. The standard InChI is InChI=1S/C10H15O5P/c1-12-9-6-5-8(7-10(9)13-2)16(11,14-3)15-4/h5-7H,1-4H3. The molecule has 90 valence electrons. The number of hydrogen-bond acceptors (Lipinski definition) is 5. The first-order valence-corrected chi connectivity index (χ1v) is 6.09. The van der Waals surface area contributed by atoms with Crippen LogP contribution in [0.2, 0.25) is 0 Å². The Bertz CT molecular complexity index is 396. The smallest absolute Gasteiger partial charge is 0.360 e. The first-order valence-electron chi connectivity index (χ1n) is 4.55. The van der Waals surface area contributed by atoms with Crippen molar-refractivity contribution in [2.45, 2.75) is 0 Å². The third kappa shape index (κ3) is 2.38. The van der Waals surface area contributed by atoms with Crippen molar-refractivity contribution in [3.8, 4) is 11.5 Å². The van der Waals surface area contributed by atoms with Crippen molar-refractivity contribution >= 4 is 12.9 Å². The summed E-state index contributed by atoms with van der Waals surface area (Å²) in [6, 6.07) is 4.85. The monoisotopic (exact) mass is 246 g/mol. The molecule has 0 aromatic heterocycles. The van der Waals surface area contributed by atoms with Gasteiger partial charge < -0.3 is 18.5 Å². The molecule has 0 N–H and O–H groups in total. The first kappa shape index (κ1) is 13.0. The molecule has 0 unspecified atom stereocenters. The van der Waals surface area contributed by atoms with Gasteiger partial charge in [0.1, 0.15) is 0 Å². The van der Waals surface area contributed by atoms with Crippen LogP contribution in [0.1, 0.15) is 0 Å². The molecule has 16 heavy (non-hydrogen) atoms. The number of hydrogen-bond donors (Lipinski definition) is 0. The molecule has 0 bridgehead atoms. The lowest BCUT2D eigenvalue weighted by atomic mass is 10.3. The highest BCUT2D eigenvalue weighted by Gasteiger charge is 2.25. The molecule has 0 radical (unpaired) electrons. The summed E-state index contributed by atoms with van der Waals surface area (Å²) >= 11 is 0. The molecule has 0 atom stereocenters. The van der Waals surface area contributed by atoms with E-state index in [1.807, 2.05) is 0 Å². The lowest BCUT2D eigenvalue weighted by molar-refractivity contribution is 0.287. The molecule has 0 saturated heterocycles. The van der Waals surface area contributed by atoms with Gasteiger partial charge in [-0.2, -0.15) is 0 Å². The van der Waals surface area contributed by atoms with Gasteiger partial charge in [-0.1, -0.05) is 0 Å². The molecule has 0 aliphatic rings. The first-order chi connectivity index (χ1) is 7.61. The van der Waals surface area contributed by atoms with Crippen LogP contribution >= 0.6 is 7.60 Å². The van der Waals surface area contributed by atoms with Gasteiger partial charge in [0.2, 0.25) is 0 Å². The number of ether oxygens (including phenoxy) is 2. The maximum atomic E-state index is 12.1. The zero-order valence-electron chi connectivity index (χ0n) is 9.72. The van der Waals surface area contributed by atoms with Gasteiger partial charge in [0, 0.05) is 14.2 Å². The molecule has 0 saturated carbocycles. The summed E-state index contributed by atoms with van der Waals surface area (Å²) in [5.74, 6) is 1.04. The summed E-state index contributed by atoms with van der Waals surface area (Å²) in [6.07, 6.45) is 0. The van der Waals surface area contributed by atoms with E-state index in [2.05, 4.69) is 0 Å². The van der Waals surface area contributed by atoms with Gasteiger partial charge in [-0.25, -0.2) is 0 Å². The van der Waals surface area contributed by atoms with E-state index in [1.54, 1.807) is 18.2 Å². The molecule has 0 aliphatic carbocycles. The Morgan fingerprint density at radius 3 is 1.94 bits per heavy atom. The molecule has 0 spiro atoms. The highest BCUT2D eigenvalue weighted by atomic mass is 31.2. The second kappa shape index (κ2) is 5.34. The lowest BCUT2D eigenvalue weighted by Crippen LogP contribution is -2.08. The van der Waals surface area contributed by atoms with Crippen molar-refractivity contribution in [2.75, 3.05) is 28.4 Å². The molecule has 1 rings (SSSR count). The van der Waals surface area contributed by atoms with Crippen molar-refractivity contribution in [1.29, 1.82) is 0 Å². The van der Waals surface area contributed by atoms with Gasteiger partial charge >= 0.3 is 7.60 Å². The van der Waals surface area contributed by atoms with Crippen LogP contribution in [0.5, 0.6) is 11.5 Å². The molecule has 1 aromatic carbocycles. The fourth-order valence-corrected chi connectivity index (χ4v) is 2.38. The Morgan fingerprint density at radius 2 is 1.50 bits per heavy atom. The predicted molar refractivity (Wildman–Crippen MR) is 60.8 cm³/mol. The molecule has 6 heteroatoms. The predicted octanol–water partition coefficient (Wildman–Crippen LogP) is 1.81. The topological polar surface area (TPSA) is 54.0 Å². The maximum Gasteiger partial charge on any atom is 0.360 e. The fourth-order valence-electron chi connectivity index (χ4n) is 1.28. The van der Waals surface area contributed by atoms with Gasteiger partial charge in [0.25, 0.3) is 0 Å². The summed E-state index contributed by atoms with van der Waals surface area (Å²) in [4.78, 5) is 0. The van der Waals surface area contributed by atoms with Gasteiger partial charge in [0.15, 0.2) is 11.5 Å². The van der Waals surface area contributed by atoms with Gasteiger partial charge in [-0.15, -0.1) is 0 Å². The molecular formula is C10H15O5P. The highest BCUT2D eigenvalue weighted by Crippen LogP contribution is 2.46. The van der Waals surface area contributed by atoms with Crippen molar-refractivity contribution in [3.63, 3.8) is 0 Å². The number of rotatable bonds is 5. The summed E-state index contributed by atoms with van der Waals surface area (Å²) in [7, 11) is 2.47. The Balaban J connectivity index is 3.22. The SMILES string of the molecule is COc1ccc(P(=O)(OC)OC)cc1OC. The zero-order chi connectivity index (χ0) is 12.2. The Hall–Kier alpha value is -1.03. The lowest BCUT2D eigenvalue weighted by Gasteiger charge is -2.15. The van der Waals surface area contributed by atoms with E-state index in [0.717, 1.165) is 0 Å². The summed E-state index contributed by atoms with van der Waals surface area (Å²) in [5, 5.41) is 0.426. The molecule has 0 fully saturated rings. The highest BCUT2D eigenvalue weighted by molar-refractivity contribution is 7.62. The Labute approximate surface area is 94.8 Å². The third-order valence-corrected chi connectivity index (χ3v) is 4.04. The average molecular weight is 246 g/mol. The van der Waals surface area contributed by atoms with Crippen LogP contribution in [0, 0.1) is 0 Å². The quantitative estimate of drug-likeness (QED) is 0.742. The van der Waals surface area contributed by atoms with Crippen LogP contribution in [0.25, 0.3) is 0 Å². The molecule has 0 aliphatic heterocycles. The normalized spacial score (nSPS) is 11.2. The van der Waals surface area contributed by atoms with E-state index in [1.165, 1.54) is 28.4 Å². The van der Waals surface area contributed by atoms with Gasteiger partial charge in [-0.3, -0.25) is 4.57 Å². The van der Waals surface area contributed by atoms with Gasteiger partial charge in [0.05, 0.1) is 19.5 Å². The zero-order valence-corrected chi connectivity index (χ0v) is 10.6. The molecular weight excluding hydrogens is 231 g/mol.